The van der Waals surface area contributed by atoms with Gasteiger partial charge in [-0.3, -0.25) is 0 Å². The van der Waals surface area contributed by atoms with Crippen LogP contribution in [0.3, 0.4) is 0 Å². The van der Waals surface area contributed by atoms with E-state index in [0.29, 0.717) is 0 Å². The standard InChI is InChI=1S/C7H7.C2H5NO3.CH3.Y/c1-7-5-3-2-4-6-7;1-2-6-3(4)5;;/h2-6H,1H2;2H2,1H3;1H3;/q-1;;-1;. The molecule has 0 fully saturated rings. The van der Waals surface area contributed by atoms with Gasteiger partial charge in [0.2, 0.25) is 0 Å². The summed E-state index contributed by atoms with van der Waals surface area (Å²) in [6.07, 6.45) is 0. The van der Waals surface area contributed by atoms with Gasteiger partial charge < -0.3 is 12.3 Å². The minimum atomic E-state index is -0.819. The van der Waals surface area contributed by atoms with Gasteiger partial charge in [-0.05, 0) is 6.92 Å². The van der Waals surface area contributed by atoms with Crippen molar-refractivity contribution in [3.63, 3.8) is 0 Å². The molecule has 4 nitrogen and oxygen atoms in total. The van der Waals surface area contributed by atoms with Crippen LogP contribution < -0.4 is 0 Å². The van der Waals surface area contributed by atoms with E-state index in [2.05, 4.69) is 11.8 Å². The number of nitrogens with zero attached hydrogens (tertiary/aromatic N) is 1. The molecule has 1 rings (SSSR count). The molecule has 0 aliphatic heterocycles. The zero-order chi connectivity index (χ0) is 10.1. The van der Waals surface area contributed by atoms with Crippen LogP contribution in [0.15, 0.2) is 30.3 Å². The third kappa shape index (κ3) is 16.1. The van der Waals surface area contributed by atoms with Gasteiger partial charge in [0.1, 0.15) is 0 Å². The van der Waals surface area contributed by atoms with Crippen LogP contribution in [0.4, 0.5) is 0 Å². The van der Waals surface area contributed by atoms with Gasteiger partial charge in [-0.2, -0.15) is 24.6 Å². The minimum absolute atomic E-state index is 0. The average molecular weight is 286 g/mol. The van der Waals surface area contributed by atoms with Gasteiger partial charge in [-0.25, -0.2) is 0 Å². The predicted molar refractivity (Wildman–Crippen MR) is 55.9 cm³/mol. The van der Waals surface area contributed by atoms with Crippen molar-refractivity contribution in [3.8, 4) is 0 Å². The van der Waals surface area contributed by atoms with E-state index in [0.717, 1.165) is 5.56 Å². The van der Waals surface area contributed by atoms with Gasteiger partial charge in [0, 0.05) is 32.7 Å². The van der Waals surface area contributed by atoms with Crippen molar-refractivity contribution in [1.29, 1.82) is 0 Å². The Bertz CT molecular complexity index is 242. The molecule has 0 bridgehead atoms. The Morgan fingerprint density at radius 3 is 2.00 bits per heavy atom. The van der Waals surface area contributed by atoms with Crippen LogP contribution in [0.2, 0.25) is 0 Å². The summed E-state index contributed by atoms with van der Waals surface area (Å²) < 4.78 is 0. The summed E-state index contributed by atoms with van der Waals surface area (Å²) in [5, 5.41) is 8.36. The second-order valence-electron chi connectivity index (χ2n) is 2.13. The largest absolute Gasteiger partial charge is 0.358 e. The summed E-state index contributed by atoms with van der Waals surface area (Å²) in [5.41, 5.74) is 1.07. The van der Waals surface area contributed by atoms with Crippen molar-refractivity contribution in [2.75, 3.05) is 6.61 Å². The number of benzene rings is 1. The Morgan fingerprint density at radius 1 is 1.40 bits per heavy atom. The van der Waals surface area contributed by atoms with Crippen LogP contribution in [-0.2, 0) is 37.5 Å². The molecule has 0 saturated carbocycles. The predicted octanol–water partition coefficient (Wildman–Crippen LogP) is 2.53. The minimum Gasteiger partial charge on any atom is -0.358 e. The topological polar surface area (TPSA) is 52.4 Å². The average Bonchev–Trinajstić information content (AvgIpc) is 2.06. The normalized spacial score (nSPS) is 7.00. The van der Waals surface area contributed by atoms with Crippen LogP contribution in [0.1, 0.15) is 12.5 Å². The fraction of sp³-hybridized carbons (Fsp3) is 0.200. The van der Waals surface area contributed by atoms with E-state index in [1.54, 1.807) is 6.92 Å². The molecule has 0 aliphatic carbocycles. The molecule has 0 spiro atoms. The van der Waals surface area contributed by atoms with Gasteiger partial charge in [-0.15, -0.1) is 22.2 Å². The SMILES string of the molecule is CCO[N+](=O)[O-].[CH2-]c1ccccc1.[CH3-].[Y]. The Balaban J connectivity index is -0.000000172. The molecule has 0 atom stereocenters. The molecule has 15 heavy (non-hydrogen) atoms. The maximum Gasteiger partial charge on any atom is 0.294 e. The first-order valence-electron chi connectivity index (χ1n) is 3.81. The molecule has 0 saturated heterocycles. The molecule has 1 aromatic carbocycles. The van der Waals surface area contributed by atoms with E-state index in [1.807, 2.05) is 30.3 Å². The summed E-state index contributed by atoms with van der Waals surface area (Å²) in [5.74, 6) is 0. The molecule has 1 aromatic rings. The van der Waals surface area contributed by atoms with Crippen molar-refractivity contribution in [3.05, 3.63) is 60.4 Å². The van der Waals surface area contributed by atoms with E-state index >= 15 is 0 Å². The second-order valence-corrected chi connectivity index (χ2v) is 2.13. The second kappa shape index (κ2) is 13.4. The van der Waals surface area contributed by atoms with E-state index < -0.39 is 5.09 Å². The van der Waals surface area contributed by atoms with Gasteiger partial charge in [0.15, 0.2) is 0 Å². The van der Waals surface area contributed by atoms with Crippen LogP contribution in [-0.4, -0.2) is 11.7 Å². The summed E-state index contributed by atoms with van der Waals surface area (Å²) in [4.78, 5) is 12.9. The molecule has 0 heterocycles. The first-order valence-corrected chi connectivity index (χ1v) is 3.81. The molecule has 0 unspecified atom stereocenters. The Hall–Kier alpha value is -0.606. The van der Waals surface area contributed by atoms with Crippen molar-refractivity contribution in [1.82, 2.24) is 0 Å². The van der Waals surface area contributed by atoms with Gasteiger partial charge in [-0.1, -0.05) is 6.07 Å². The van der Waals surface area contributed by atoms with E-state index in [9.17, 15) is 10.1 Å². The van der Waals surface area contributed by atoms with Crippen LogP contribution in [0, 0.1) is 24.5 Å². The number of hydrogen-bond acceptors (Lipinski definition) is 3. The maximum absolute atomic E-state index is 9.18. The third-order valence-corrected chi connectivity index (χ3v) is 1.08. The molecule has 1 radical (unpaired) electrons. The molecule has 83 valence electrons. The first kappa shape index (κ1) is 19.9. The monoisotopic (exact) mass is 286 g/mol. The molecular weight excluding hydrogens is 271 g/mol. The number of hydrogen-bond donors (Lipinski definition) is 0. The quantitative estimate of drug-likeness (QED) is 0.477. The molecule has 0 amide bonds. The first-order chi connectivity index (χ1) is 6.16. The van der Waals surface area contributed by atoms with Gasteiger partial charge >= 0.3 is 0 Å². The number of rotatable bonds is 2. The van der Waals surface area contributed by atoms with Crippen molar-refractivity contribution < 1.29 is 42.6 Å². The smallest absolute Gasteiger partial charge is 0.294 e. The Morgan fingerprint density at radius 2 is 1.87 bits per heavy atom. The van der Waals surface area contributed by atoms with E-state index in [4.69, 9.17) is 0 Å². The zero-order valence-electron chi connectivity index (χ0n) is 9.05. The summed E-state index contributed by atoms with van der Waals surface area (Å²) in [6.45, 7) is 5.41. The molecular formula is C10H15NO3Y-2. The summed E-state index contributed by atoms with van der Waals surface area (Å²) >= 11 is 0. The van der Waals surface area contributed by atoms with Crippen molar-refractivity contribution in [2.24, 2.45) is 0 Å². The van der Waals surface area contributed by atoms with Crippen molar-refractivity contribution >= 4 is 0 Å². The van der Waals surface area contributed by atoms with E-state index in [-0.39, 0.29) is 46.7 Å². The van der Waals surface area contributed by atoms with Crippen LogP contribution >= 0.6 is 0 Å². The van der Waals surface area contributed by atoms with E-state index in [1.165, 1.54) is 0 Å². The van der Waals surface area contributed by atoms with Gasteiger partial charge in [0.25, 0.3) is 5.09 Å². The van der Waals surface area contributed by atoms with Gasteiger partial charge in [0.05, 0.1) is 6.61 Å². The summed E-state index contributed by atoms with van der Waals surface area (Å²) in [7, 11) is 0. The fourth-order valence-electron chi connectivity index (χ4n) is 0.583. The molecule has 5 heteroatoms. The summed E-state index contributed by atoms with van der Waals surface area (Å²) in [6, 6.07) is 9.87. The Labute approximate surface area is 116 Å². The van der Waals surface area contributed by atoms with Crippen LogP contribution in [0.25, 0.3) is 0 Å². The van der Waals surface area contributed by atoms with Crippen molar-refractivity contribution in [2.45, 2.75) is 6.92 Å². The Kier molecular flexibility index (Phi) is 17.8. The molecule has 0 aromatic heterocycles. The zero-order valence-corrected chi connectivity index (χ0v) is 11.9. The fourth-order valence-corrected chi connectivity index (χ4v) is 0.583. The maximum atomic E-state index is 9.18. The molecule has 0 N–H and O–H groups in total. The molecule has 0 aliphatic rings. The van der Waals surface area contributed by atoms with Crippen LogP contribution in [0.5, 0.6) is 0 Å². The third-order valence-electron chi connectivity index (χ3n) is 1.08.